The minimum absolute atomic E-state index is 0.498. The number of aromatic nitrogens is 1. The average molecular weight is 302 g/mol. The predicted molar refractivity (Wildman–Crippen MR) is 76.3 cm³/mol. The van der Waals surface area contributed by atoms with Gasteiger partial charge < -0.3 is 5.32 Å². The zero-order valence-electron chi connectivity index (χ0n) is 9.46. The van der Waals surface area contributed by atoms with Crippen molar-refractivity contribution >= 4 is 34.8 Å². The molecule has 1 N–H and O–H groups in total. The molecule has 5 heteroatoms. The van der Waals surface area contributed by atoms with E-state index >= 15 is 0 Å². The van der Waals surface area contributed by atoms with Crippen molar-refractivity contribution in [3.63, 3.8) is 0 Å². The summed E-state index contributed by atoms with van der Waals surface area (Å²) in [6.07, 6.45) is 1.76. The molecule has 0 aliphatic rings. The quantitative estimate of drug-likeness (QED) is 0.850. The molecule has 0 aliphatic heterocycles. The number of nitrogens with one attached hydrogen (secondary N) is 1. The Morgan fingerprint density at radius 2 is 1.72 bits per heavy atom. The summed E-state index contributed by atoms with van der Waals surface area (Å²) in [6.45, 7) is 1.20. The van der Waals surface area contributed by atoms with Crippen LogP contribution in [0.3, 0.4) is 0 Å². The lowest BCUT2D eigenvalue weighted by Crippen LogP contribution is -2.14. The summed E-state index contributed by atoms with van der Waals surface area (Å²) in [5.41, 5.74) is 1.77. The monoisotopic (exact) mass is 300 g/mol. The van der Waals surface area contributed by atoms with E-state index in [4.69, 9.17) is 34.8 Å². The molecule has 2 nitrogen and oxygen atoms in total. The number of halogens is 3. The number of benzene rings is 1. The Balaban J connectivity index is 2.01. The Morgan fingerprint density at radius 3 is 2.44 bits per heavy atom. The van der Waals surface area contributed by atoms with Crippen LogP contribution in [0.2, 0.25) is 15.1 Å². The van der Waals surface area contributed by atoms with Gasteiger partial charge in [0.05, 0.1) is 15.7 Å². The average Bonchev–Trinajstić information content (AvgIpc) is 2.39. The van der Waals surface area contributed by atoms with Crippen molar-refractivity contribution in [2.75, 3.05) is 0 Å². The lowest BCUT2D eigenvalue weighted by atomic mass is 10.2. The Kier molecular flexibility index (Phi) is 4.84. The first-order valence-corrected chi connectivity index (χ1v) is 6.55. The van der Waals surface area contributed by atoms with Gasteiger partial charge in [-0.15, -0.1) is 0 Å². The van der Waals surface area contributed by atoms with Crippen molar-refractivity contribution in [2.45, 2.75) is 13.1 Å². The molecule has 0 bridgehead atoms. The Labute approximate surface area is 121 Å². The number of nitrogens with zero attached hydrogens (tertiary/aromatic N) is 1. The Morgan fingerprint density at radius 1 is 0.944 bits per heavy atom. The maximum Gasteiger partial charge on any atom is 0.0652 e. The molecule has 0 amide bonds. The first-order valence-electron chi connectivity index (χ1n) is 5.41. The van der Waals surface area contributed by atoms with Crippen LogP contribution in [-0.4, -0.2) is 4.98 Å². The van der Waals surface area contributed by atoms with Crippen LogP contribution in [0.5, 0.6) is 0 Å². The third-order valence-corrected chi connectivity index (χ3v) is 3.67. The predicted octanol–water partition coefficient (Wildman–Crippen LogP) is 4.33. The second kappa shape index (κ2) is 6.39. The zero-order chi connectivity index (χ0) is 13.0. The van der Waals surface area contributed by atoms with Crippen LogP contribution >= 0.6 is 34.8 Å². The van der Waals surface area contributed by atoms with E-state index in [0.717, 1.165) is 11.3 Å². The molecule has 0 radical (unpaired) electrons. The topological polar surface area (TPSA) is 24.9 Å². The van der Waals surface area contributed by atoms with Gasteiger partial charge in [0.1, 0.15) is 0 Å². The van der Waals surface area contributed by atoms with Crippen molar-refractivity contribution in [2.24, 2.45) is 0 Å². The van der Waals surface area contributed by atoms with E-state index in [1.165, 1.54) is 0 Å². The molecule has 1 heterocycles. The summed E-state index contributed by atoms with van der Waals surface area (Å²) in [5, 5.41) is 4.85. The van der Waals surface area contributed by atoms with Gasteiger partial charge in [0.15, 0.2) is 0 Å². The number of pyridine rings is 1. The second-order valence-electron chi connectivity index (χ2n) is 3.75. The molecule has 0 spiro atoms. The molecule has 2 rings (SSSR count). The molecular weight excluding hydrogens is 291 g/mol. The minimum Gasteiger partial charge on any atom is -0.307 e. The molecule has 0 atom stereocenters. The van der Waals surface area contributed by atoms with Crippen LogP contribution in [0, 0.1) is 0 Å². The first-order chi connectivity index (χ1) is 8.68. The van der Waals surface area contributed by atoms with E-state index in [0.29, 0.717) is 28.2 Å². The van der Waals surface area contributed by atoms with E-state index in [1.807, 2.05) is 18.2 Å². The Hall–Kier alpha value is -0.800. The highest BCUT2D eigenvalue weighted by atomic mass is 35.5. The van der Waals surface area contributed by atoms with E-state index in [-0.39, 0.29) is 0 Å². The molecule has 1 aromatic heterocycles. The fraction of sp³-hybridized carbons (Fsp3) is 0.154. The van der Waals surface area contributed by atoms with Crippen LogP contribution in [0.15, 0.2) is 36.5 Å². The van der Waals surface area contributed by atoms with Crippen molar-refractivity contribution < 1.29 is 0 Å². The molecule has 18 heavy (non-hydrogen) atoms. The van der Waals surface area contributed by atoms with Gasteiger partial charge in [0, 0.05) is 29.9 Å². The largest absolute Gasteiger partial charge is 0.307 e. The highest BCUT2D eigenvalue weighted by Crippen LogP contribution is 2.31. The fourth-order valence-corrected chi connectivity index (χ4v) is 2.23. The van der Waals surface area contributed by atoms with E-state index < -0.39 is 0 Å². The molecule has 0 aliphatic carbocycles. The maximum atomic E-state index is 6.11. The van der Waals surface area contributed by atoms with Crippen LogP contribution in [-0.2, 0) is 13.1 Å². The molecule has 94 valence electrons. The summed E-state index contributed by atoms with van der Waals surface area (Å²) in [7, 11) is 0. The lowest BCUT2D eigenvalue weighted by Gasteiger charge is -2.09. The van der Waals surface area contributed by atoms with Gasteiger partial charge >= 0.3 is 0 Å². The second-order valence-corrected chi connectivity index (χ2v) is 4.94. The van der Waals surface area contributed by atoms with Gasteiger partial charge in [0.2, 0.25) is 0 Å². The minimum atomic E-state index is 0.498. The fourth-order valence-electron chi connectivity index (χ4n) is 1.55. The highest BCUT2D eigenvalue weighted by molar-refractivity contribution is 6.44. The van der Waals surface area contributed by atoms with Gasteiger partial charge in [-0.25, -0.2) is 0 Å². The maximum absolute atomic E-state index is 6.11. The van der Waals surface area contributed by atoms with Crippen LogP contribution in [0.1, 0.15) is 11.3 Å². The number of hydrogen-bond donors (Lipinski definition) is 1. The van der Waals surface area contributed by atoms with Gasteiger partial charge in [-0.2, -0.15) is 0 Å². The summed E-state index contributed by atoms with van der Waals surface area (Å²) < 4.78 is 0. The molecular formula is C13H11Cl3N2. The highest BCUT2D eigenvalue weighted by Gasteiger charge is 2.09. The summed E-state index contributed by atoms with van der Waals surface area (Å²) >= 11 is 18.1. The van der Waals surface area contributed by atoms with Crippen LogP contribution < -0.4 is 5.32 Å². The van der Waals surface area contributed by atoms with E-state index in [1.54, 1.807) is 18.3 Å². The lowest BCUT2D eigenvalue weighted by molar-refractivity contribution is 0.680. The van der Waals surface area contributed by atoms with Crippen molar-refractivity contribution in [1.29, 1.82) is 0 Å². The SMILES string of the molecule is Clc1ccc(Cl)c(CNCc2ccccn2)c1Cl. The van der Waals surface area contributed by atoms with E-state index in [9.17, 15) is 0 Å². The first kappa shape index (κ1) is 13.6. The third kappa shape index (κ3) is 3.36. The number of rotatable bonds is 4. The summed E-state index contributed by atoms with van der Waals surface area (Å²) in [6, 6.07) is 9.22. The van der Waals surface area contributed by atoms with Gasteiger partial charge in [0.25, 0.3) is 0 Å². The molecule has 0 saturated heterocycles. The normalized spacial score (nSPS) is 10.6. The van der Waals surface area contributed by atoms with E-state index in [2.05, 4.69) is 10.3 Å². The zero-order valence-corrected chi connectivity index (χ0v) is 11.7. The van der Waals surface area contributed by atoms with Crippen molar-refractivity contribution in [3.8, 4) is 0 Å². The third-order valence-electron chi connectivity index (χ3n) is 2.47. The molecule has 2 aromatic rings. The summed E-state index contributed by atoms with van der Waals surface area (Å²) in [5.74, 6) is 0. The molecule has 0 saturated carbocycles. The van der Waals surface area contributed by atoms with Gasteiger partial charge in [-0.1, -0.05) is 40.9 Å². The van der Waals surface area contributed by atoms with Gasteiger partial charge in [-0.3, -0.25) is 4.98 Å². The van der Waals surface area contributed by atoms with Crippen molar-refractivity contribution in [1.82, 2.24) is 10.3 Å². The smallest absolute Gasteiger partial charge is 0.0652 e. The molecule has 0 fully saturated rings. The standard InChI is InChI=1S/C13H11Cl3N2/c14-11-4-5-12(15)13(16)10(11)8-17-7-9-3-1-2-6-18-9/h1-6,17H,7-8H2. The molecule has 0 unspecified atom stereocenters. The van der Waals surface area contributed by atoms with Crippen LogP contribution in [0.4, 0.5) is 0 Å². The Bertz CT molecular complexity index is 529. The van der Waals surface area contributed by atoms with Gasteiger partial charge in [-0.05, 0) is 24.3 Å². The molecule has 1 aromatic carbocycles. The van der Waals surface area contributed by atoms with Crippen molar-refractivity contribution in [3.05, 3.63) is 62.9 Å². The number of hydrogen-bond acceptors (Lipinski definition) is 2. The summed E-state index contributed by atoms with van der Waals surface area (Å²) in [4.78, 5) is 4.22. The van der Waals surface area contributed by atoms with Crippen LogP contribution in [0.25, 0.3) is 0 Å².